The maximum atomic E-state index is 2.38. The van der Waals surface area contributed by atoms with Crippen LogP contribution in [0, 0.1) is 27.7 Å². The lowest BCUT2D eigenvalue weighted by molar-refractivity contribution is 1.22. The molecule has 2 heteroatoms. The first-order chi connectivity index (χ1) is 23.5. The molecule has 7 rings (SSSR count). The van der Waals surface area contributed by atoms with Crippen LogP contribution >= 0.6 is 0 Å². The molecule has 0 amide bonds. The largest absolute Gasteiger partial charge is 0.310 e. The Labute approximate surface area is 284 Å². The third-order valence-electron chi connectivity index (χ3n) is 9.15. The van der Waals surface area contributed by atoms with Crippen molar-refractivity contribution in [3.63, 3.8) is 0 Å². The molecular formula is C46H40N2. The number of para-hydroxylation sites is 4. The first-order valence-corrected chi connectivity index (χ1v) is 16.6. The van der Waals surface area contributed by atoms with Crippen LogP contribution in [0.3, 0.4) is 0 Å². The summed E-state index contributed by atoms with van der Waals surface area (Å²) in [5.74, 6) is 0. The fourth-order valence-corrected chi connectivity index (χ4v) is 6.49. The van der Waals surface area contributed by atoms with Crippen molar-refractivity contribution in [2.24, 2.45) is 0 Å². The van der Waals surface area contributed by atoms with Gasteiger partial charge in [0.1, 0.15) is 0 Å². The number of hydrogen-bond acceptors (Lipinski definition) is 2. The molecule has 0 bridgehead atoms. The smallest absolute Gasteiger partial charge is 0.0490 e. The van der Waals surface area contributed by atoms with E-state index in [2.05, 4.69) is 207 Å². The first kappa shape index (κ1) is 30.8. The van der Waals surface area contributed by atoms with E-state index in [1.54, 1.807) is 0 Å². The summed E-state index contributed by atoms with van der Waals surface area (Å²) in [6.45, 7) is 8.70. The molecule has 0 saturated carbocycles. The van der Waals surface area contributed by atoms with Crippen LogP contribution in [0.5, 0.6) is 0 Å². The Morgan fingerprint density at radius 3 is 1.17 bits per heavy atom. The number of anilines is 6. The van der Waals surface area contributed by atoms with E-state index in [9.17, 15) is 0 Å². The van der Waals surface area contributed by atoms with Gasteiger partial charge in [-0.25, -0.2) is 0 Å². The maximum absolute atomic E-state index is 2.38. The minimum Gasteiger partial charge on any atom is -0.310 e. The lowest BCUT2D eigenvalue weighted by Gasteiger charge is -2.28. The van der Waals surface area contributed by atoms with Crippen LogP contribution in [0.4, 0.5) is 34.1 Å². The second-order valence-corrected chi connectivity index (χ2v) is 12.5. The maximum Gasteiger partial charge on any atom is 0.0490 e. The summed E-state index contributed by atoms with van der Waals surface area (Å²) in [7, 11) is 0. The van der Waals surface area contributed by atoms with Crippen LogP contribution < -0.4 is 9.80 Å². The molecule has 0 saturated heterocycles. The topological polar surface area (TPSA) is 6.48 Å². The molecule has 7 aromatic carbocycles. The summed E-state index contributed by atoms with van der Waals surface area (Å²) in [5.41, 5.74) is 14.4. The lowest BCUT2D eigenvalue weighted by atomic mass is 10.0. The zero-order valence-electron chi connectivity index (χ0n) is 28.1. The van der Waals surface area contributed by atoms with Gasteiger partial charge in [0, 0.05) is 34.1 Å². The van der Waals surface area contributed by atoms with Crippen molar-refractivity contribution in [3.8, 4) is 0 Å². The number of fused-ring (bicyclic) bond motifs is 1. The summed E-state index contributed by atoms with van der Waals surface area (Å²) in [6.07, 6.45) is 4.40. The van der Waals surface area contributed by atoms with E-state index < -0.39 is 0 Å². The van der Waals surface area contributed by atoms with E-state index in [1.807, 2.05) is 0 Å². The normalized spacial score (nSPS) is 11.2. The van der Waals surface area contributed by atoms with Gasteiger partial charge in [-0.05, 0) is 126 Å². The molecule has 0 fully saturated rings. The predicted octanol–water partition coefficient (Wildman–Crippen LogP) is 13.2. The Kier molecular flexibility index (Phi) is 8.64. The molecule has 0 aromatic heterocycles. The summed E-state index contributed by atoms with van der Waals surface area (Å²) in [5, 5.41) is 2.44. The van der Waals surface area contributed by atoms with Crippen molar-refractivity contribution < 1.29 is 0 Å². The van der Waals surface area contributed by atoms with Gasteiger partial charge in [0.25, 0.3) is 0 Å². The third-order valence-corrected chi connectivity index (χ3v) is 9.15. The predicted molar refractivity (Wildman–Crippen MR) is 208 cm³/mol. The van der Waals surface area contributed by atoms with Crippen LogP contribution in [0.15, 0.2) is 158 Å². The Morgan fingerprint density at radius 2 is 0.688 bits per heavy atom. The number of rotatable bonds is 8. The highest BCUT2D eigenvalue weighted by Crippen LogP contribution is 2.40. The average molecular weight is 621 g/mol. The van der Waals surface area contributed by atoms with Gasteiger partial charge in [-0.1, -0.05) is 115 Å². The van der Waals surface area contributed by atoms with Crippen molar-refractivity contribution in [1.29, 1.82) is 0 Å². The van der Waals surface area contributed by atoms with Gasteiger partial charge in [-0.15, -0.1) is 0 Å². The minimum atomic E-state index is 1.14. The molecule has 0 N–H and O–H groups in total. The van der Waals surface area contributed by atoms with Crippen molar-refractivity contribution in [3.05, 3.63) is 191 Å². The van der Waals surface area contributed by atoms with Gasteiger partial charge in [-0.3, -0.25) is 0 Å². The highest BCUT2D eigenvalue weighted by molar-refractivity contribution is 5.92. The van der Waals surface area contributed by atoms with Gasteiger partial charge in [-0.2, -0.15) is 0 Å². The molecule has 0 aliphatic rings. The SMILES string of the molecule is Cc1ccccc1N(c1ccc(/C=C/c2ccc3cc(N(c4ccccc4C)c4ccccc4C)ccc3c2)cc1)c1ccccc1C. The number of benzene rings is 7. The van der Waals surface area contributed by atoms with E-state index in [1.165, 1.54) is 61.3 Å². The second kappa shape index (κ2) is 13.5. The summed E-state index contributed by atoms with van der Waals surface area (Å²) in [4.78, 5) is 4.73. The van der Waals surface area contributed by atoms with Crippen LogP contribution in [-0.2, 0) is 0 Å². The molecule has 0 spiro atoms. The number of hydrogen-bond donors (Lipinski definition) is 0. The quantitative estimate of drug-likeness (QED) is 0.156. The Bertz CT molecular complexity index is 2150. The molecule has 0 atom stereocenters. The molecule has 0 radical (unpaired) electrons. The average Bonchev–Trinajstić information content (AvgIpc) is 3.11. The zero-order chi connectivity index (χ0) is 33.0. The highest BCUT2D eigenvalue weighted by Gasteiger charge is 2.17. The molecule has 48 heavy (non-hydrogen) atoms. The van der Waals surface area contributed by atoms with Crippen LogP contribution in [-0.4, -0.2) is 0 Å². The first-order valence-electron chi connectivity index (χ1n) is 16.6. The van der Waals surface area contributed by atoms with Crippen LogP contribution in [0.1, 0.15) is 33.4 Å². The van der Waals surface area contributed by atoms with Crippen molar-refractivity contribution in [2.45, 2.75) is 27.7 Å². The summed E-state index contributed by atoms with van der Waals surface area (Å²) in [6, 6.07) is 56.7. The van der Waals surface area contributed by atoms with Crippen molar-refractivity contribution >= 4 is 57.0 Å². The van der Waals surface area contributed by atoms with E-state index in [0.29, 0.717) is 0 Å². The molecule has 0 aliphatic heterocycles. The van der Waals surface area contributed by atoms with Crippen LogP contribution in [0.2, 0.25) is 0 Å². The monoisotopic (exact) mass is 620 g/mol. The fraction of sp³-hybridized carbons (Fsp3) is 0.0870. The van der Waals surface area contributed by atoms with Gasteiger partial charge in [0.2, 0.25) is 0 Å². The summed E-state index contributed by atoms with van der Waals surface area (Å²) >= 11 is 0. The molecule has 7 aromatic rings. The number of aryl methyl sites for hydroxylation is 4. The Hall–Kier alpha value is -5.86. The minimum absolute atomic E-state index is 1.14. The molecule has 0 unspecified atom stereocenters. The van der Waals surface area contributed by atoms with E-state index in [4.69, 9.17) is 0 Å². The van der Waals surface area contributed by atoms with E-state index in [0.717, 1.165) is 16.9 Å². The molecule has 2 nitrogen and oxygen atoms in total. The number of nitrogens with zero attached hydrogens (tertiary/aromatic N) is 2. The van der Waals surface area contributed by atoms with Gasteiger partial charge in [0.05, 0.1) is 0 Å². The van der Waals surface area contributed by atoms with Crippen molar-refractivity contribution in [1.82, 2.24) is 0 Å². The molecule has 234 valence electrons. The van der Waals surface area contributed by atoms with Gasteiger partial charge >= 0.3 is 0 Å². The van der Waals surface area contributed by atoms with Crippen molar-refractivity contribution in [2.75, 3.05) is 9.80 Å². The fourth-order valence-electron chi connectivity index (χ4n) is 6.49. The van der Waals surface area contributed by atoms with Crippen LogP contribution in [0.25, 0.3) is 22.9 Å². The molecule has 0 heterocycles. The second-order valence-electron chi connectivity index (χ2n) is 12.5. The van der Waals surface area contributed by atoms with Gasteiger partial charge in [0.15, 0.2) is 0 Å². The highest BCUT2D eigenvalue weighted by atomic mass is 15.2. The van der Waals surface area contributed by atoms with E-state index >= 15 is 0 Å². The Balaban J connectivity index is 1.17. The zero-order valence-corrected chi connectivity index (χ0v) is 28.1. The molecule has 0 aliphatic carbocycles. The standard InChI is InChI=1S/C46H40N2/c1-33-13-5-9-17-43(33)47(44-18-10-6-14-34(44)2)41-28-24-37(25-29-41)21-22-38-23-26-40-32-42(30-27-39(40)31-38)48(45-19-11-7-15-35(45)3)46-20-12-8-16-36(46)4/h5-32H,1-4H3/b22-21+. The Morgan fingerprint density at radius 1 is 0.333 bits per heavy atom. The van der Waals surface area contributed by atoms with Gasteiger partial charge < -0.3 is 9.80 Å². The summed E-state index contributed by atoms with van der Waals surface area (Å²) < 4.78 is 0. The van der Waals surface area contributed by atoms with E-state index in [-0.39, 0.29) is 0 Å². The molecular weight excluding hydrogens is 581 g/mol. The lowest BCUT2D eigenvalue weighted by Crippen LogP contribution is -2.12. The third kappa shape index (κ3) is 6.26.